The Kier molecular flexibility index (Phi) is 6.73. The van der Waals surface area contributed by atoms with Crippen molar-refractivity contribution in [2.45, 2.75) is 0 Å². The molecule has 0 saturated carbocycles. The highest BCUT2D eigenvalue weighted by molar-refractivity contribution is 6.09. The molecule has 0 spiro atoms. The fourth-order valence-electron chi connectivity index (χ4n) is 3.12. The van der Waals surface area contributed by atoms with Crippen LogP contribution in [0.25, 0.3) is 0 Å². The van der Waals surface area contributed by atoms with E-state index in [1.54, 1.807) is 30.3 Å². The van der Waals surface area contributed by atoms with Crippen LogP contribution in [-0.4, -0.2) is 67.9 Å². The molecule has 2 amide bonds. The number of benzene rings is 2. The SMILES string of the molecule is CN1CCN(CCNC(=O)c2ccccc2NC(=O)c2ccccc2F)CC1. The molecule has 2 aromatic carbocycles. The summed E-state index contributed by atoms with van der Waals surface area (Å²) in [6.45, 7) is 5.34. The number of halogens is 1. The van der Waals surface area contributed by atoms with E-state index in [0.29, 0.717) is 17.8 Å². The van der Waals surface area contributed by atoms with Gasteiger partial charge in [0.25, 0.3) is 11.8 Å². The average Bonchev–Trinajstić information content (AvgIpc) is 2.70. The summed E-state index contributed by atoms with van der Waals surface area (Å²) < 4.78 is 13.8. The van der Waals surface area contributed by atoms with Gasteiger partial charge in [-0.3, -0.25) is 14.5 Å². The molecule has 1 aliphatic rings. The molecule has 1 saturated heterocycles. The van der Waals surface area contributed by atoms with Gasteiger partial charge < -0.3 is 15.5 Å². The molecule has 2 aromatic rings. The van der Waals surface area contributed by atoms with Crippen LogP contribution in [0.5, 0.6) is 0 Å². The van der Waals surface area contributed by atoms with Gasteiger partial charge in [-0.05, 0) is 31.3 Å². The molecule has 1 aliphatic heterocycles. The van der Waals surface area contributed by atoms with Crippen LogP contribution in [0.3, 0.4) is 0 Å². The lowest BCUT2D eigenvalue weighted by molar-refractivity contribution is 0.0942. The Morgan fingerprint density at radius 2 is 1.57 bits per heavy atom. The zero-order valence-corrected chi connectivity index (χ0v) is 16.0. The molecule has 0 atom stereocenters. The van der Waals surface area contributed by atoms with E-state index >= 15 is 0 Å². The van der Waals surface area contributed by atoms with Crippen molar-refractivity contribution < 1.29 is 14.0 Å². The largest absolute Gasteiger partial charge is 0.351 e. The number of nitrogens with one attached hydrogen (secondary N) is 2. The Hall–Kier alpha value is -2.77. The molecular weight excluding hydrogens is 359 g/mol. The zero-order valence-electron chi connectivity index (χ0n) is 16.0. The van der Waals surface area contributed by atoms with Gasteiger partial charge in [-0.15, -0.1) is 0 Å². The van der Waals surface area contributed by atoms with Crippen molar-refractivity contribution in [3.63, 3.8) is 0 Å². The highest BCUT2D eigenvalue weighted by atomic mass is 19.1. The second kappa shape index (κ2) is 9.43. The minimum Gasteiger partial charge on any atom is -0.351 e. The normalized spacial score (nSPS) is 15.2. The molecule has 1 fully saturated rings. The number of hydrogen-bond donors (Lipinski definition) is 2. The molecule has 2 N–H and O–H groups in total. The van der Waals surface area contributed by atoms with Gasteiger partial charge in [0.1, 0.15) is 5.82 Å². The maximum absolute atomic E-state index is 13.8. The van der Waals surface area contributed by atoms with E-state index in [1.807, 2.05) is 0 Å². The molecule has 7 heteroatoms. The lowest BCUT2D eigenvalue weighted by atomic mass is 10.1. The minimum atomic E-state index is -0.603. The molecule has 1 heterocycles. The summed E-state index contributed by atoms with van der Waals surface area (Å²) in [5.74, 6) is -1.46. The predicted octanol–water partition coefficient (Wildman–Crippen LogP) is 2.06. The Labute approximate surface area is 164 Å². The number of amides is 2. The van der Waals surface area contributed by atoms with E-state index in [0.717, 1.165) is 32.7 Å². The molecule has 3 rings (SSSR count). The second-order valence-electron chi connectivity index (χ2n) is 6.88. The highest BCUT2D eigenvalue weighted by Gasteiger charge is 2.17. The van der Waals surface area contributed by atoms with Crippen LogP contribution in [0.2, 0.25) is 0 Å². The summed E-state index contributed by atoms with van der Waals surface area (Å²) in [5, 5.41) is 5.54. The van der Waals surface area contributed by atoms with Crippen molar-refractivity contribution in [3.05, 3.63) is 65.5 Å². The van der Waals surface area contributed by atoms with Gasteiger partial charge in [0, 0.05) is 39.3 Å². The van der Waals surface area contributed by atoms with E-state index in [4.69, 9.17) is 0 Å². The minimum absolute atomic E-state index is 0.0622. The molecule has 0 radical (unpaired) electrons. The lowest BCUT2D eigenvalue weighted by Gasteiger charge is -2.32. The third-order valence-electron chi connectivity index (χ3n) is 4.85. The fraction of sp³-hybridized carbons (Fsp3) is 0.333. The highest BCUT2D eigenvalue weighted by Crippen LogP contribution is 2.17. The predicted molar refractivity (Wildman–Crippen MR) is 107 cm³/mol. The van der Waals surface area contributed by atoms with Gasteiger partial charge in [0.15, 0.2) is 0 Å². The average molecular weight is 384 g/mol. The van der Waals surface area contributed by atoms with E-state index in [1.165, 1.54) is 18.2 Å². The van der Waals surface area contributed by atoms with Gasteiger partial charge in [0.05, 0.1) is 16.8 Å². The number of rotatable bonds is 6. The molecule has 0 aromatic heterocycles. The van der Waals surface area contributed by atoms with Crippen molar-refractivity contribution in [3.8, 4) is 0 Å². The molecule has 0 bridgehead atoms. The van der Waals surface area contributed by atoms with Crippen LogP contribution in [0, 0.1) is 5.82 Å². The van der Waals surface area contributed by atoms with Crippen LogP contribution in [0.15, 0.2) is 48.5 Å². The van der Waals surface area contributed by atoms with Crippen molar-refractivity contribution in [2.75, 3.05) is 51.6 Å². The van der Waals surface area contributed by atoms with E-state index in [9.17, 15) is 14.0 Å². The van der Waals surface area contributed by atoms with Crippen LogP contribution in [0.1, 0.15) is 20.7 Å². The first kappa shape index (κ1) is 20.0. The number of para-hydroxylation sites is 1. The standard InChI is InChI=1S/C21H25FN4O2/c1-25-12-14-26(15-13-25)11-10-23-20(27)17-7-3-5-9-19(17)24-21(28)16-6-2-4-8-18(16)22/h2-9H,10-15H2,1H3,(H,23,27)(H,24,28). The monoisotopic (exact) mass is 384 g/mol. The van der Waals surface area contributed by atoms with Crippen molar-refractivity contribution in [1.29, 1.82) is 0 Å². The first-order valence-corrected chi connectivity index (χ1v) is 9.38. The maximum atomic E-state index is 13.8. The van der Waals surface area contributed by atoms with Crippen LogP contribution in [-0.2, 0) is 0 Å². The molecule has 0 aliphatic carbocycles. The molecule has 6 nitrogen and oxygen atoms in total. The fourth-order valence-corrected chi connectivity index (χ4v) is 3.12. The first-order valence-electron chi connectivity index (χ1n) is 9.38. The number of carbonyl (C=O) groups is 2. The third-order valence-corrected chi connectivity index (χ3v) is 4.85. The summed E-state index contributed by atoms with van der Waals surface area (Å²) in [5.41, 5.74) is 0.645. The summed E-state index contributed by atoms with van der Waals surface area (Å²) >= 11 is 0. The summed E-state index contributed by atoms with van der Waals surface area (Å²) in [6, 6.07) is 12.5. The van der Waals surface area contributed by atoms with Gasteiger partial charge in [0.2, 0.25) is 0 Å². The maximum Gasteiger partial charge on any atom is 0.258 e. The summed E-state index contributed by atoms with van der Waals surface area (Å²) in [7, 11) is 2.10. The lowest BCUT2D eigenvalue weighted by Crippen LogP contribution is -2.46. The number of piperazine rings is 1. The van der Waals surface area contributed by atoms with E-state index in [2.05, 4.69) is 27.5 Å². The number of anilines is 1. The second-order valence-corrected chi connectivity index (χ2v) is 6.88. The van der Waals surface area contributed by atoms with Gasteiger partial charge >= 0.3 is 0 Å². The topological polar surface area (TPSA) is 64.7 Å². The molecular formula is C21H25FN4O2. The Morgan fingerprint density at radius 1 is 0.929 bits per heavy atom. The molecule has 28 heavy (non-hydrogen) atoms. The van der Waals surface area contributed by atoms with E-state index in [-0.39, 0.29) is 11.5 Å². The van der Waals surface area contributed by atoms with Gasteiger partial charge in [-0.1, -0.05) is 24.3 Å². The number of carbonyl (C=O) groups excluding carboxylic acids is 2. The van der Waals surface area contributed by atoms with Gasteiger partial charge in [-0.25, -0.2) is 4.39 Å². The van der Waals surface area contributed by atoms with Crippen molar-refractivity contribution in [1.82, 2.24) is 15.1 Å². The smallest absolute Gasteiger partial charge is 0.258 e. The summed E-state index contributed by atoms with van der Waals surface area (Å²) in [4.78, 5) is 29.5. The number of likely N-dealkylation sites (N-methyl/N-ethyl adjacent to an activating group) is 1. The van der Waals surface area contributed by atoms with Crippen LogP contribution in [0.4, 0.5) is 10.1 Å². The van der Waals surface area contributed by atoms with Crippen LogP contribution >= 0.6 is 0 Å². The van der Waals surface area contributed by atoms with E-state index < -0.39 is 11.7 Å². The van der Waals surface area contributed by atoms with Crippen LogP contribution < -0.4 is 10.6 Å². The van der Waals surface area contributed by atoms with Gasteiger partial charge in [-0.2, -0.15) is 0 Å². The zero-order chi connectivity index (χ0) is 19.9. The first-order chi connectivity index (χ1) is 13.5. The molecule has 0 unspecified atom stereocenters. The van der Waals surface area contributed by atoms with Crippen molar-refractivity contribution in [2.24, 2.45) is 0 Å². The quantitative estimate of drug-likeness (QED) is 0.800. The Balaban J connectivity index is 1.59. The number of nitrogens with zero attached hydrogens (tertiary/aromatic N) is 2. The third kappa shape index (κ3) is 5.15. The Morgan fingerprint density at radius 3 is 2.29 bits per heavy atom. The Bertz CT molecular complexity index is 835. The number of hydrogen-bond acceptors (Lipinski definition) is 4. The molecule has 148 valence electrons. The van der Waals surface area contributed by atoms with Crippen molar-refractivity contribution >= 4 is 17.5 Å². The summed E-state index contributed by atoms with van der Waals surface area (Å²) in [6.07, 6.45) is 0.